The molecule has 0 atom stereocenters. The van der Waals surface area contributed by atoms with Gasteiger partial charge in [0.2, 0.25) is 10.1 Å². The second kappa shape index (κ2) is 8.54. The number of hydrogen-bond donors (Lipinski definition) is 1. The maximum absolute atomic E-state index is 12.7. The summed E-state index contributed by atoms with van der Waals surface area (Å²) >= 11 is 1.36. The zero-order valence-corrected chi connectivity index (χ0v) is 16.9. The molecule has 2 aliphatic rings. The first kappa shape index (κ1) is 19.3. The summed E-state index contributed by atoms with van der Waals surface area (Å²) in [6.07, 6.45) is 2.24. The third-order valence-electron chi connectivity index (χ3n) is 5.35. The number of amides is 1. The molecule has 2 aromatic rings. The third-order valence-corrected chi connectivity index (χ3v) is 6.32. The van der Waals surface area contributed by atoms with Crippen molar-refractivity contribution in [1.29, 1.82) is 0 Å². The molecule has 2 fully saturated rings. The second-order valence-corrected chi connectivity index (χ2v) is 8.37. The van der Waals surface area contributed by atoms with Crippen LogP contribution >= 0.6 is 11.3 Å². The second-order valence-electron chi connectivity index (χ2n) is 7.44. The van der Waals surface area contributed by atoms with E-state index >= 15 is 0 Å². The normalized spacial score (nSPS) is 19.2. The van der Waals surface area contributed by atoms with Crippen molar-refractivity contribution < 1.29 is 9.53 Å². The Morgan fingerprint density at radius 1 is 1.29 bits per heavy atom. The topological polar surface area (TPSA) is 92.1 Å². The van der Waals surface area contributed by atoms with E-state index in [4.69, 9.17) is 4.74 Å². The molecule has 0 radical (unpaired) electrons. The van der Waals surface area contributed by atoms with Crippen LogP contribution in [0.4, 0.5) is 5.13 Å². The third kappa shape index (κ3) is 4.34. The van der Waals surface area contributed by atoms with Crippen molar-refractivity contribution in [3.05, 3.63) is 22.1 Å². The molecule has 0 bridgehead atoms. The molecule has 28 heavy (non-hydrogen) atoms. The average Bonchev–Trinajstić information content (AvgIpc) is 3.12. The lowest BCUT2D eigenvalue weighted by Gasteiger charge is -2.29. The summed E-state index contributed by atoms with van der Waals surface area (Å²) in [7, 11) is 0. The quantitative estimate of drug-likeness (QED) is 0.771. The van der Waals surface area contributed by atoms with Gasteiger partial charge in [0, 0.05) is 45.3 Å². The lowest BCUT2D eigenvalue weighted by molar-refractivity contribution is 0.0383. The smallest absolute Gasteiger partial charge is 0.274 e. The molecule has 2 aliphatic heterocycles. The SMILES string of the molecule is CC1CCN(c2nn3c(C(=O)NCCN4CCOCC4)cc(=O)nc3s2)CC1. The van der Waals surface area contributed by atoms with Gasteiger partial charge >= 0.3 is 0 Å². The fraction of sp³-hybridized carbons (Fsp3) is 0.667. The Morgan fingerprint density at radius 2 is 2.04 bits per heavy atom. The predicted octanol–water partition coefficient (Wildman–Crippen LogP) is 0.449. The standard InChI is InChI=1S/C18H26N6O3S/c1-13-2-5-23(6-3-13)18-21-24-14(12-15(25)20-17(24)28-18)16(26)19-4-7-22-8-10-27-11-9-22/h12-13H,2-11H2,1H3,(H,19,26). The number of morpholine rings is 1. The summed E-state index contributed by atoms with van der Waals surface area (Å²) in [5.41, 5.74) is -0.175. The number of carbonyl (C=O) groups is 1. The van der Waals surface area contributed by atoms with E-state index in [1.807, 2.05) is 0 Å². The van der Waals surface area contributed by atoms with E-state index in [1.54, 1.807) is 0 Å². The highest BCUT2D eigenvalue weighted by molar-refractivity contribution is 7.20. The van der Waals surface area contributed by atoms with Crippen LogP contribution in [0, 0.1) is 5.92 Å². The van der Waals surface area contributed by atoms with Gasteiger partial charge in [-0.2, -0.15) is 9.50 Å². The van der Waals surface area contributed by atoms with Crippen LogP contribution < -0.4 is 15.8 Å². The summed E-state index contributed by atoms with van der Waals surface area (Å²) < 4.78 is 6.83. The lowest BCUT2D eigenvalue weighted by atomic mass is 10.00. The van der Waals surface area contributed by atoms with E-state index in [0.29, 0.717) is 11.5 Å². The number of fused-ring (bicyclic) bond motifs is 1. The van der Waals surface area contributed by atoms with Gasteiger partial charge in [-0.15, -0.1) is 5.10 Å². The van der Waals surface area contributed by atoms with Crippen LogP contribution in [0.5, 0.6) is 0 Å². The zero-order valence-electron chi connectivity index (χ0n) is 16.1. The summed E-state index contributed by atoms with van der Waals surface area (Å²) in [6.45, 7) is 8.60. The minimum absolute atomic E-state index is 0.241. The predicted molar refractivity (Wildman–Crippen MR) is 107 cm³/mol. The molecule has 0 aliphatic carbocycles. The summed E-state index contributed by atoms with van der Waals surface area (Å²) in [4.78, 5) is 33.6. The van der Waals surface area contributed by atoms with Crippen LogP contribution in [0.1, 0.15) is 30.3 Å². The Balaban J connectivity index is 1.47. The van der Waals surface area contributed by atoms with Crippen LogP contribution in [-0.2, 0) is 4.74 Å². The number of carbonyl (C=O) groups excluding carboxylic acids is 1. The first-order valence-electron chi connectivity index (χ1n) is 9.84. The number of rotatable bonds is 5. The summed E-state index contributed by atoms with van der Waals surface area (Å²) in [6, 6.07) is 1.26. The number of nitrogens with one attached hydrogen (secondary N) is 1. The van der Waals surface area contributed by atoms with Gasteiger partial charge in [0.25, 0.3) is 11.5 Å². The van der Waals surface area contributed by atoms with E-state index in [1.165, 1.54) is 21.9 Å². The minimum atomic E-state index is -0.416. The van der Waals surface area contributed by atoms with Gasteiger partial charge in [-0.25, -0.2) is 0 Å². The molecule has 10 heteroatoms. The van der Waals surface area contributed by atoms with Crippen LogP contribution in [-0.4, -0.2) is 77.9 Å². The van der Waals surface area contributed by atoms with E-state index in [2.05, 4.69) is 32.1 Å². The van der Waals surface area contributed by atoms with Crippen molar-refractivity contribution in [1.82, 2.24) is 24.8 Å². The summed E-state index contributed by atoms with van der Waals surface area (Å²) in [5.74, 6) is 0.421. The van der Waals surface area contributed by atoms with Crippen LogP contribution in [0.3, 0.4) is 0 Å². The molecule has 1 amide bonds. The molecule has 0 aromatic carbocycles. The lowest BCUT2D eigenvalue weighted by Crippen LogP contribution is -2.41. The molecule has 1 N–H and O–H groups in total. The van der Waals surface area contributed by atoms with Crippen molar-refractivity contribution in [2.24, 2.45) is 5.92 Å². The highest BCUT2D eigenvalue weighted by Gasteiger charge is 2.22. The van der Waals surface area contributed by atoms with Gasteiger partial charge in [-0.1, -0.05) is 18.3 Å². The van der Waals surface area contributed by atoms with E-state index in [9.17, 15) is 9.59 Å². The fourth-order valence-corrected chi connectivity index (χ4v) is 4.50. The molecule has 2 aromatic heterocycles. The van der Waals surface area contributed by atoms with Crippen molar-refractivity contribution >= 4 is 27.3 Å². The number of ether oxygens (including phenoxy) is 1. The number of anilines is 1. The van der Waals surface area contributed by atoms with Crippen LogP contribution in [0.25, 0.3) is 4.96 Å². The Hall–Kier alpha value is -2.04. The van der Waals surface area contributed by atoms with Crippen LogP contribution in [0.15, 0.2) is 10.9 Å². The van der Waals surface area contributed by atoms with Gasteiger partial charge in [0.1, 0.15) is 5.69 Å². The van der Waals surface area contributed by atoms with Crippen LogP contribution in [0.2, 0.25) is 0 Å². The Kier molecular flexibility index (Phi) is 5.88. The van der Waals surface area contributed by atoms with E-state index < -0.39 is 5.56 Å². The molecular weight excluding hydrogens is 380 g/mol. The molecule has 0 saturated carbocycles. The van der Waals surface area contributed by atoms with Gasteiger partial charge in [0.15, 0.2) is 0 Å². The highest BCUT2D eigenvalue weighted by Crippen LogP contribution is 2.27. The van der Waals surface area contributed by atoms with Crippen molar-refractivity contribution in [3.63, 3.8) is 0 Å². The Labute approximate surface area is 167 Å². The van der Waals surface area contributed by atoms with Crippen molar-refractivity contribution in [3.8, 4) is 0 Å². The maximum atomic E-state index is 12.7. The summed E-state index contributed by atoms with van der Waals surface area (Å²) in [5, 5.41) is 8.31. The van der Waals surface area contributed by atoms with E-state index in [-0.39, 0.29) is 11.6 Å². The monoisotopic (exact) mass is 406 g/mol. The molecule has 0 unspecified atom stereocenters. The molecule has 4 rings (SSSR count). The first-order chi connectivity index (χ1) is 13.6. The largest absolute Gasteiger partial charge is 0.379 e. The van der Waals surface area contributed by atoms with Gasteiger partial charge in [-0.3, -0.25) is 14.5 Å². The number of aromatic nitrogens is 3. The molecule has 152 valence electrons. The fourth-order valence-electron chi connectivity index (χ4n) is 3.54. The number of piperidine rings is 1. The molecule has 0 spiro atoms. The highest BCUT2D eigenvalue weighted by atomic mass is 32.1. The Morgan fingerprint density at radius 3 is 2.79 bits per heavy atom. The average molecular weight is 407 g/mol. The minimum Gasteiger partial charge on any atom is -0.379 e. The molecule has 2 saturated heterocycles. The number of hydrogen-bond acceptors (Lipinski definition) is 8. The first-order valence-corrected chi connectivity index (χ1v) is 10.7. The molecule has 9 nitrogen and oxygen atoms in total. The van der Waals surface area contributed by atoms with Gasteiger partial charge < -0.3 is 15.0 Å². The van der Waals surface area contributed by atoms with E-state index in [0.717, 1.165) is 69.8 Å². The van der Waals surface area contributed by atoms with Crippen molar-refractivity contribution in [2.75, 3.05) is 57.4 Å². The van der Waals surface area contributed by atoms with Gasteiger partial charge in [0.05, 0.1) is 13.2 Å². The Bertz CT molecular complexity index is 883. The molecule has 4 heterocycles. The number of nitrogens with zero attached hydrogens (tertiary/aromatic N) is 5. The maximum Gasteiger partial charge on any atom is 0.274 e. The van der Waals surface area contributed by atoms with Crippen molar-refractivity contribution in [2.45, 2.75) is 19.8 Å². The van der Waals surface area contributed by atoms with Gasteiger partial charge in [-0.05, 0) is 18.8 Å². The zero-order chi connectivity index (χ0) is 19.5. The molecular formula is C18H26N6O3S.